The van der Waals surface area contributed by atoms with Crippen molar-refractivity contribution in [3.8, 4) is 5.75 Å². The summed E-state index contributed by atoms with van der Waals surface area (Å²) in [5, 5.41) is 26.0. The van der Waals surface area contributed by atoms with E-state index in [4.69, 9.17) is 23.2 Å². The minimum atomic E-state index is -1.54. The molecule has 0 unspecified atom stereocenters. The average Bonchev–Trinajstić information content (AvgIpc) is 2.83. The quantitative estimate of drug-likeness (QED) is 0.277. The largest absolute Gasteiger partial charge is 0.508 e. The molecule has 1 atom stereocenters. The second kappa shape index (κ2) is 12.2. The van der Waals surface area contributed by atoms with Crippen molar-refractivity contribution in [1.29, 1.82) is 0 Å². The SMILES string of the molecule is O=C(NCc1cccc(O)c1)c1ccc(C(=O)N[C@@H](CNC(=O)c2cc(F)cc(Cl)c2)C(=O)O)c(Cl)c1. The fraction of sp³-hybridized carbons (Fsp3) is 0.120. The molecule has 0 aliphatic rings. The van der Waals surface area contributed by atoms with Crippen molar-refractivity contribution in [2.45, 2.75) is 12.6 Å². The molecule has 0 saturated carbocycles. The molecule has 9 nitrogen and oxygen atoms in total. The van der Waals surface area contributed by atoms with Crippen LogP contribution in [0, 0.1) is 5.82 Å². The van der Waals surface area contributed by atoms with Gasteiger partial charge in [0, 0.05) is 29.2 Å². The number of carbonyl (C=O) groups excluding carboxylic acids is 3. The van der Waals surface area contributed by atoms with Crippen molar-refractivity contribution in [2.24, 2.45) is 0 Å². The highest BCUT2D eigenvalue weighted by molar-refractivity contribution is 6.34. The van der Waals surface area contributed by atoms with Crippen LogP contribution >= 0.6 is 23.2 Å². The van der Waals surface area contributed by atoms with Crippen LogP contribution in [0.3, 0.4) is 0 Å². The maximum absolute atomic E-state index is 13.5. The first-order valence-electron chi connectivity index (χ1n) is 10.7. The molecular formula is C25H20Cl2FN3O6. The second-order valence-electron chi connectivity index (χ2n) is 7.78. The summed E-state index contributed by atoms with van der Waals surface area (Å²) in [6.45, 7) is -0.373. The lowest BCUT2D eigenvalue weighted by Crippen LogP contribution is -2.48. The highest BCUT2D eigenvalue weighted by Gasteiger charge is 2.23. The van der Waals surface area contributed by atoms with E-state index in [1.807, 2.05) is 0 Å². The normalized spacial score (nSPS) is 11.3. The summed E-state index contributed by atoms with van der Waals surface area (Å²) in [7, 11) is 0. The standard InChI is InChI=1S/C25H20Cl2FN3O6/c26-16-7-15(8-17(28)10-16)23(34)30-12-21(25(36)37)31-24(35)19-5-4-14(9-20(19)27)22(33)29-11-13-2-1-3-18(32)6-13/h1-10,21,32H,11-12H2,(H,29,33)(H,30,34)(H,31,35)(H,36,37)/t21-/m0/s1. The molecule has 0 radical (unpaired) electrons. The molecule has 3 amide bonds. The number of phenolic OH excluding ortho intramolecular Hbond substituents is 1. The number of amides is 3. The van der Waals surface area contributed by atoms with Crippen molar-refractivity contribution >= 4 is 46.9 Å². The maximum atomic E-state index is 13.5. The van der Waals surface area contributed by atoms with Crippen LogP contribution in [0.25, 0.3) is 0 Å². The van der Waals surface area contributed by atoms with Crippen LogP contribution in [0.5, 0.6) is 5.75 Å². The van der Waals surface area contributed by atoms with Gasteiger partial charge in [0.1, 0.15) is 17.6 Å². The fourth-order valence-electron chi connectivity index (χ4n) is 3.21. The Morgan fingerprint density at radius 1 is 0.865 bits per heavy atom. The molecule has 0 heterocycles. The third kappa shape index (κ3) is 7.66. The summed E-state index contributed by atoms with van der Waals surface area (Å²) in [4.78, 5) is 48.9. The molecule has 37 heavy (non-hydrogen) atoms. The van der Waals surface area contributed by atoms with E-state index in [0.717, 1.165) is 12.1 Å². The third-order valence-corrected chi connectivity index (χ3v) is 5.57. The molecule has 0 bridgehead atoms. The minimum Gasteiger partial charge on any atom is -0.508 e. The molecule has 0 fully saturated rings. The van der Waals surface area contributed by atoms with E-state index in [1.165, 1.54) is 36.4 Å². The highest BCUT2D eigenvalue weighted by atomic mass is 35.5. The fourth-order valence-corrected chi connectivity index (χ4v) is 3.70. The van der Waals surface area contributed by atoms with Crippen molar-refractivity contribution in [3.63, 3.8) is 0 Å². The van der Waals surface area contributed by atoms with Gasteiger partial charge in [0.25, 0.3) is 17.7 Å². The lowest BCUT2D eigenvalue weighted by Gasteiger charge is -2.16. The van der Waals surface area contributed by atoms with Gasteiger partial charge in [-0.25, -0.2) is 9.18 Å². The van der Waals surface area contributed by atoms with Crippen LogP contribution in [0.4, 0.5) is 4.39 Å². The first-order chi connectivity index (χ1) is 17.5. The van der Waals surface area contributed by atoms with Gasteiger partial charge in [0.05, 0.1) is 10.6 Å². The Labute approximate surface area is 220 Å². The van der Waals surface area contributed by atoms with Crippen LogP contribution in [0.2, 0.25) is 10.0 Å². The predicted molar refractivity (Wildman–Crippen MR) is 133 cm³/mol. The maximum Gasteiger partial charge on any atom is 0.328 e. The summed E-state index contributed by atoms with van der Waals surface area (Å²) in [5.74, 6) is -4.26. The van der Waals surface area contributed by atoms with E-state index >= 15 is 0 Å². The zero-order chi connectivity index (χ0) is 27.1. The van der Waals surface area contributed by atoms with E-state index in [1.54, 1.807) is 12.1 Å². The molecule has 3 aromatic carbocycles. The summed E-state index contributed by atoms with van der Waals surface area (Å²) in [6.07, 6.45) is 0. The topological polar surface area (TPSA) is 145 Å². The first-order valence-corrected chi connectivity index (χ1v) is 11.4. The summed E-state index contributed by atoms with van der Waals surface area (Å²) >= 11 is 11.9. The highest BCUT2D eigenvalue weighted by Crippen LogP contribution is 2.19. The molecule has 192 valence electrons. The van der Waals surface area contributed by atoms with Gasteiger partial charge in [-0.2, -0.15) is 0 Å². The number of hydrogen-bond donors (Lipinski definition) is 5. The number of rotatable bonds is 9. The van der Waals surface area contributed by atoms with E-state index in [9.17, 15) is 33.8 Å². The smallest absolute Gasteiger partial charge is 0.328 e. The summed E-state index contributed by atoms with van der Waals surface area (Å²) < 4.78 is 13.5. The first kappa shape index (κ1) is 27.4. The Kier molecular flexibility index (Phi) is 9.05. The summed E-state index contributed by atoms with van der Waals surface area (Å²) in [6, 6.07) is 11.8. The van der Waals surface area contributed by atoms with Crippen molar-refractivity contribution in [2.75, 3.05) is 6.54 Å². The Balaban J connectivity index is 1.62. The number of benzene rings is 3. The van der Waals surface area contributed by atoms with Crippen LogP contribution in [0.15, 0.2) is 60.7 Å². The van der Waals surface area contributed by atoms with Crippen molar-refractivity contribution < 1.29 is 33.8 Å². The van der Waals surface area contributed by atoms with Crippen LogP contribution in [-0.4, -0.2) is 46.5 Å². The van der Waals surface area contributed by atoms with Gasteiger partial charge in [-0.1, -0.05) is 35.3 Å². The molecule has 5 N–H and O–H groups in total. The second-order valence-corrected chi connectivity index (χ2v) is 8.62. The Hall–Kier alpha value is -4.15. The number of carboxylic acids is 1. The lowest BCUT2D eigenvalue weighted by molar-refractivity contribution is -0.139. The monoisotopic (exact) mass is 547 g/mol. The lowest BCUT2D eigenvalue weighted by atomic mass is 10.1. The van der Waals surface area contributed by atoms with E-state index < -0.39 is 42.1 Å². The molecule has 0 aromatic heterocycles. The molecule has 0 spiro atoms. The number of phenols is 1. The number of aliphatic carboxylic acids is 1. The number of halogens is 3. The Bertz CT molecular complexity index is 1350. The number of carbonyl (C=O) groups is 4. The molecule has 0 aliphatic carbocycles. The minimum absolute atomic E-state index is 0.0145. The van der Waals surface area contributed by atoms with Crippen LogP contribution in [0.1, 0.15) is 36.6 Å². The molecular weight excluding hydrogens is 528 g/mol. The summed E-state index contributed by atoms with van der Waals surface area (Å²) in [5.41, 5.74) is 0.599. The van der Waals surface area contributed by atoms with Gasteiger partial charge < -0.3 is 26.2 Å². The number of nitrogens with one attached hydrogen (secondary N) is 3. The zero-order valence-electron chi connectivity index (χ0n) is 18.9. The number of carboxylic acid groups (broad SMARTS) is 1. The van der Waals surface area contributed by atoms with Gasteiger partial charge in [-0.05, 0) is 54.1 Å². The third-order valence-electron chi connectivity index (χ3n) is 5.03. The van der Waals surface area contributed by atoms with Gasteiger partial charge in [0.15, 0.2) is 0 Å². The molecule has 0 saturated heterocycles. The number of hydrogen-bond acceptors (Lipinski definition) is 5. The Morgan fingerprint density at radius 3 is 2.24 bits per heavy atom. The zero-order valence-corrected chi connectivity index (χ0v) is 20.4. The Morgan fingerprint density at radius 2 is 1.59 bits per heavy atom. The van der Waals surface area contributed by atoms with Gasteiger partial charge in [-0.3, -0.25) is 14.4 Å². The van der Waals surface area contributed by atoms with Gasteiger partial charge in [-0.15, -0.1) is 0 Å². The van der Waals surface area contributed by atoms with E-state index in [0.29, 0.717) is 5.56 Å². The molecule has 0 aliphatic heterocycles. The van der Waals surface area contributed by atoms with Crippen molar-refractivity contribution in [3.05, 3.63) is 98.8 Å². The van der Waals surface area contributed by atoms with E-state index in [-0.39, 0.29) is 39.0 Å². The number of aromatic hydroxyl groups is 1. The van der Waals surface area contributed by atoms with Crippen molar-refractivity contribution in [1.82, 2.24) is 16.0 Å². The van der Waals surface area contributed by atoms with Crippen LogP contribution < -0.4 is 16.0 Å². The molecule has 3 aromatic rings. The molecule has 3 rings (SSSR count). The predicted octanol–water partition coefficient (Wildman–Crippen LogP) is 3.38. The van der Waals surface area contributed by atoms with Gasteiger partial charge >= 0.3 is 5.97 Å². The average molecular weight is 548 g/mol. The molecule has 12 heteroatoms. The van der Waals surface area contributed by atoms with Gasteiger partial charge in [0.2, 0.25) is 0 Å². The van der Waals surface area contributed by atoms with E-state index in [2.05, 4.69) is 16.0 Å². The van der Waals surface area contributed by atoms with Crippen LogP contribution in [-0.2, 0) is 11.3 Å².